The second-order valence-electron chi connectivity index (χ2n) is 4.40. The largest absolute Gasteiger partial charge is 0.383 e. The second kappa shape index (κ2) is 6.31. The summed E-state index contributed by atoms with van der Waals surface area (Å²) in [5, 5.41) is 8.46. The Morgan fingerprint density at radius 2 is 2.19 bits per heavy atom. The quantitative estimate of drug-likeness (QED) is 0.671. The Morgan fingerprint density at radius 1 is 1.43 bits per heavy atom. The zero-order valence-corrected chi connectivity index (χ0v) is 12.6. The van der Waals surface area contributed by atoms with E-state index >= 15 is 0 Å². The molecule has 110 valence electrons. The minimum Gasteiger partial charge on any atom is -0.383 e. The van der Waals surface area contributed by atoms with Gasteiger partial charge in [0.15, 0.2) is 10.8 Å². The Bertz CT molecular complexity index is 674. The van der Waals surface area contributed by atoms with Crippen molar-refractivity contribution in [3.8, 4) is 0 Å². The van der Waals surface area contributed by atoms with Crippen LogP contribution in [0.2, 0.25) is 0 Å². The molecule has 1 N–H and O–H groups in total. The van der Waals surface area contributed by atoms with Gasteiger partial charge in [-0.2, -0.15) is 0 Å². The van der Waals surface area contributed by atoms with E-state index in [0.717, 1.165) is 0 Å². The molecular weight excluding hydrogens is 292 g/mol. The summed E-state index contributed by atoms with van der Waals surface area (Å²) < 4.78 is 4.97. The van der Waals surface area contributed by atoms with E-state index < -0.39 is 11.7 Å². The maximum atomic E-state index is 12.2. The molecule has 2 rings (SSSR count). The van der Waals surface area contributed by atoms with Crippen LogP contribution in [0.15, 0.2) is 28.4 Å². The van der Waals surface area contributed by atoms with Gasteiger partial charge in [-0.1, -0.05) is 5.16 Å². The molecular formula is C13H14N4O3S. The van der Waals surface area contributed by atoms with Gasteiger partial charge in [0, 0.05) is 37.9 Å². The fraction of sp³-hybridized carbons (Fsp3) is 0.231. The third kappa shape index (κ3) is 3.54. The Labute approximate surface area is 125 Å². The molecule has 0 aliphatic rings. The molecule has 0 saturated heterocycles. The third-order valence-electron chi connectivity index (χ3n) is 2.50. The van der Waals surface area contributed by atoms with E-state index in [-0.39, 0.29) is 17.0 Å². The number of ketones is 1. The highest BCUT2D eigenvalue weighted by molar-refractivity contribution is 7.13. The first kappa shape index (κ1) is 14.9. The first-order chi connectivity index (χ1) is 9.99. The van der Waals surface area contributed by atoms with Crippen LogP contribution in [0.5, 0.6) is 0 Å². The summed E-state index contributed by atoms with van der Waals surface area (Å²) in [7, 11) is 3.57. The van der Waals surface area contributed by atoms with Crippen molar-refractivity contribution in [1.82, 2.24) is 15.0 Å². The van der Waals surface area contributed by atoms with Crippen LogP contribution in [0.3, 0.4) is 0 Å². The molecule has 0 aliphatic heterocycles. The Kier molecular flexibility index (Phi) is 4.49. The fourth-order valence-corrected chi connectivity index (χ4v) is 2.07. The van der Waals surface area contributed by atoms with Crippen LogP contribution < -0.4 is 5.32 Å². The van der Waals surface area contributed by atoms with E-state index in [1.165, 1.54) is 17.4 Å². The fourth-order valence-electron chi connectivity index (χ4n) is 1.55. The van der Waals surface area contributed by atoms with Gasteiger partial charge in [0.2, 0.25) is 5.78 Å². The molecule has 0 bridgehead atoms. The van der Waals surface area contributed by atoms with Crippen LogP contribution in [0.4, 0.5) is 5.13 Å². The summed E-state index contributed by atoms with van der Waals surface area (Å²) in [5.41, 5.74) is 0.110. The summed E-state index contributed by atoms with van der Waals surface area (Å²) in [6.07, 6.45) is 4.49. The molecule has 8 heteroatoms. The van der Waals surface area contributed by atoms with E-state index in [9.17, 15) is 9.59 Å². The van der Waals surface area contributed by atoms with Crippen LogP contribution >= 0.6 is 11.3 Å². The number of hydrogen-bond acceptors (Lipinski definition) is 7. The van der Waals surface area contributed by atoms with E-state index in [2.05, 4.69) is 15.5 Å². The highest BCUT2D eigenvalue weighted by Gasteiger charge is 2.24. The number of nitrogens with zero attached hydrogens (tertiary/aromatic N) is 3. The normalized spacial score (nSPS) is 10.8. The predicted molar refractivity (Wildman–Crippen MR) is 78.5 cm³/mol. The van der Waals surface area contributed by atoms with Crippen molar-refractivity contribution >= 4 is 28.2 Å². The number of hydrogen-bond donors (Lipinski definition) is 1. The number of aryl methyl sites for hydroxylation is 1. The topological polar surface area (TPSA) is 88.3 Å². The molecule has 0 atom stereocenters. The lowest BCUT2D eigenvalue weighted by molar-refractivity contribution is 0.0996. The van der Waals surface area contributed by atoms with Gasteiger partial charge >= 0.3 is 0 Å². The summed E-state index contributed by atoms with van der Waals surface area (Å²) in [6, 6.07) is 0. The van der Waals surface area contributed by atoms with Crippen LogP contribution in [0.1, 0.15) is 26.6 Å². The minimum absolute atomic E-state index is 0.0142. The molecule has 2 aromatic rings. The van der Waals surface area contributed by atoms with Gasteiger partial charge in [0.25, 0.3) is 5.91 Å². The molecule has 0 spiro atoms. The molecule has 0 fully saturated rings. The van der Waals surface area contributed by atoms with Gasteiger partial charge in [-0.05, 0) is 6.92 Å². The third-order valence-corrected chi connectivity index (χ3v) is 3.19. The number of allylic oxidation sites excluding steroid dienone is 1. The molecule has 0 radical (unpaired) electrons. The average Bonchev–Trinajstić information content (AvgIpc) is 3.05. The number of nitrogens with one attached hydrogen (secondary N) is 1. The maximum Gasteiger partial charge on any atom is 0.263 e. The van der Waals surface area contributed by atoms with E-state index in [4.69, 9.17) is 4.52 Å². The first-order valence-electron chi connectivity index (χ1n) is 6.05. The molecule has 1 amide bonds. The number of carbonyl (C=O) groups is 2. The van der Waals surface area contributed by atoms with E-state index in [1.54, 1.807) is 43.7 Å². The Morgan fingerprint density at radius 3 is 2.81 bits per heavy atom. The smallest absolute Gasteiger partial charge is 0.263 e. The maximum absolute atomic E-state index is 12.2. The van der Waals surface area contributed by atoms with E-state index in [0.29, 0.717) is 5.13 Å². The molecule has 0 aliphatic carbocycles. The van der Waals surface area contributed by atoms with Gasteiger partial charge in [0.05, 0.1) is 0 Å². The highest BCUT2D eigenvalue weighted by Crippen LogP contribution is 2.18. The Hall–Kier alpha value is -2.48. The molecule has 0 saturated carbocycles. The monoisotopic (exact) mass is 306 g/mol. The van der Waals surface area contributed by atoms with Gasteiger partial charge < -0.3 is 9.42 Å². The number of rotatable bonds is 5. The minimum atomic E-state index is -0.467. The SMILES string of the molecule is Cc1onc(C(=O)C=CN(C)C)c1C(=O)Nc1nccs1. The molecule has 21 heavy (non-hydrogen) atoms. The molecule has 2 heterocycles. The van der Waals surface area contributed by atoms with Crippen LogP contribution in [-0.2, 0) is 0 Å². The van der Waals surface area contributed by atoms with Crippen molar-refractivity contribution in [2.75, 3.05) is 19.4 Å². The van der Waals surface area contributed by atoms with Crippen molar-refractivity contribution < 1.29 is 14.1 Å². The number of thiazole rings is 1. The van der Waals surface area contributed by atoms with Crippen LogP contribution in [0, 0.1) is 6.92 Å². The van der Waals surface area contributed by atoms with Crippen molar-refractivity contribution in [2.24, 2.45) is 0 Å². The Balaban J connectivity index is 2.25. The molecule has 0 unspecified atom stereocenters. The second-order valence-corrected chi connectivity index (χ2v) is 5.29. The average molecular weight is 306 g/mol. The van der Waals surface area contributed by atoms with Crippen molar-refractivity contribution in [3.05, 3.63) is 40.9 Å². The number of amides is 1. The lowest BCUT2D eigenvalue weighted by atomic mass is 10.1. The standard InChI is InChI=1S/C13H14N4O3S/c1-8-10(12(19)15-13-14-5-7-21-13)11(16-20-8)9(18)4-6-17(2)3/h4-7H,1-3H3,(H,14,15,19). The molecule has 0 aromatic carbocycles. The lowest BCUT2D eigenvalue weighted by Gasteiger charge is -2.03. The zero-order chi connectivity index (χ0) is 15.4. The van der Waals surface area contributed by atoms with Crippen molar-refractivity contribution in [2.45, 2.75) is 6.92 Å². The van der Waals surface area contributed by atoms with Gasteiger partial charge in [-0.25, -0.2) is 4.98 Å². The van der Waals surface area contributed by atoms with Gasteiger partial charge in [-0.15, -0.1) is 11.3 Å². The number of carbonyl (C=O) groups excluding carboxylic acids is 2. The summed E-state index contributed by atoms with van der Waals surface area (Å²) >= 11 is 1.28. The summed E-state index contributed by atoms with van der Waals surface area (Å²) in [6.45, 7) is 1.58. The van der Waals surface area contributed by atoms with Crippen molar-refractivity contribution in [1.29, 1.82) is 0 Å². The number of anilines is 1. The summed E-state index contributed by atoms with van der Waals surface area (Å²) in [5.74, 6) is -0.583. The van der Waals surface area contributed by atoms with Crippen LogP contribution in [-0.4, -0.2) is 40.8 Å². The van der Waals surface area contributed by atoms with Crippen molar-refractivity contribution in [3.63, 3.8) is 0 Å². The highest BCUT2D eigenvalue weighted by atomic mass is 32.1. The first-order valence-corrected chi connectivity index (χ1v) is 6.93. The van der Waals surface area contributed by atoms with E-state index in [1.807, 2.05) is 0 Å². The van der Waals surface area contributed by atoms with Gasteiger partial charge in [-0.3, -0.25) is 14.9 Å². The van der Waals surface area contributed by atoms with Gasteiger partial charge in [0.1, 0.15) is 11.3 Å². The lowest BCUT2D eigenvalue weighted by Crippen LogP contribution is -2.16. The molecule has 2 aromatic heterocycles. The molecule has 7 nitrogen and oxygen atoms in total. The summed E-state index contributed by atoms with van der Waals surface area (Å²) in [4.78, 5) is 30.0. The predicted octanol–water partition coefficient (Wildman–Crippen LogP) is 1.95. The number of aromatic nitrogens is 2. The zero-order valence-electron chi connectivity index (χ0n) is 11.8. The van der Waals surface area contributed by atoms with Crippen LogP contribution in [0.25, 0.3) is 0 Å².